The van der Waals surface area contributed by atoms with Crippen molar-refractivity contribution in [2.45, 2.75) is 13.1 Å². The molecule has 0 saturated heterocycles. The second-order valence-electron chi connectivity index (χ2n) is 9.22. The molecule has 2 heteroatoms. The molecule has 0 aromatic heterocycles. The lowest BCUT2D eigenvalue weighted by Gasteiger charge is -2.26. The van der Waals surface area contributed by atoms with Gasteiger partial charge >= 0.3 is 0 Å². The monoisotopic (exact) mass is 436 g/mol. The average Bonchev–Trinajstić information content (AvgIpc) is 3.06. The van der Waals surface area contributed by atoms with Gasteiger partial charge in [0.1, 0.15) is 0 Å². The van der Waals surface area contributed by atoms with E-state index >= 15 is 0 Å². The number of anilines is 2. The summed E-state index contributed by atoms with van der Waals surface area (Å²) < 4.78 is 0. The highest BCUT2D eigenvalue weighted by Gasteiger charge is 2.24. The van der Waals surface area contributed by atoms with Gasteiger partial charge in [-0.1, -0.05) is 97.1 Å². The summed E-state index contributed by atoms with van der Waals surface area (Å²) in [7, 11) is 0. The molecule has 0 bridgehead atoms. The van der Waals surface area contributed by atoms with Crippen LogP contribution in [-0.4, -0.2) is 0 Å². The predicted molar refractivity (Wildman–Crippen MR) is 145 cm³/mol. The Balaban J connectivity index is 1.56. The van der Waals surface area contributed by atoms with Gasteiger partial charge < -0.3 is 10.6 Å². The quantitative estimate of drug-likeness (QED) is 0.265. The van der Waals surface area contributed by atoms with E-state index in [9.17, 15) is 0 Å². The average molecular weight is 437 g/mol. The Kier molecular flexibility index (Phi) is 4.16. The molecule has 0 fully saturated rings. The third kappa shape index (κ3) is 2.82. The van der Waals surface area contributed by atoms with E-state index < -0.39 is 0 Å². The van der Waals surface area contributed by atoms with Crippen molar-refractivity contribution in [1.29, 1.82) is 0 Å². The third-order valence-electron chi connectivity index (χ3n) is 7.26. The molecule has 1 aliphatic rings. The smallest absolute Gasteiger partial charge is 0.0472 e. The Bertz CT molecular complexity index is 1640. The first-order valence-corrected chi connectivity index (χ1v) is 11.8. The lowest BCUT2D eigenvalue weighted by Crippen LogP contribution is -2.21. The van der Waals surface area contributed by atoms with Gasteiger partial charge in [-0.15, -0.1) is 0 Å². The Hall–Kier alpha value is -4.30. The molecule has 0 unspecified atom stereocenters. The van der Waals surface area contributed by atoms with Crippen LogP contribution in [0.2, 0.25) is 0 Å². The van der Waals surface area contributed by atoms with Crippen LogP contribution >= 0.6 is 0 Å². The van der Waals surface area contributed by atoms with E-state index in [1.807, 2.05) is 12.1 Å². The summed E-state index contributed by atoms with van der Waals surface area (Å²) in [5.74, 6) is 0. The molecular weight excluding hydrogens is 412 g/mol. The molecule has 0 radical (unpaired) electrons. The molecule has 0 spiro atoms. The second kappa shape index (κ2) is 7.36. The van der Waals surface area contributed by atoms with Crippen molar-refractivity contribution < 1.29 is 0 Å². The number of nitrogen functional groups attached to an aromatic ring is 1. The molecule has 0 atom stereocenters. The standard InChI is InChI=1S/C32H24N2/c33-28-13-5-9-23-10-6-14-29(32(23)28)34-19-24-17-15-21-7-1-3-11-26(21)30(24)31-25(20-34)18-16-22-8-2-4-12-27(22)31/h1-18H,19-20,33H2. The molecule has 34 heavy (non-hydrogen) atoms. The topological polar surface area (TPSA) is 29.3 Å². The normalized spacial score (nSPS) is 13.1. The molecule has 2 nitrogen and oxygen atoms in total. The molecule has 162 valence electrons. The Morgan fingerprint density at radius 3 is 1.65 bits per heavy atom. The van der Waals surface area contributed by atoms with Crippen molar-refractivity contribution in [3.8, 4) is 11.1 Å². The van der Waals surface area contributed by atoms with Crippen molar-refractivity contribution >= 4 is 43.7 Å². The molecular formula is C32H24N2. The maximum Gasteiger partial charge on any atom is 0.0472 e. The summed E-state index contributed by atoms with van der Waals surface area (Å²) in [6.07, 6.45) is 0. The summed E-state index contributed by atoms with van der Waals surface area (Å²) in [5, 5.41) is 7.51. The van der Waals surface area contributed by atoms with E-state index in [1.54, 1.807) is 0 Å². The number of nitrogens with two attached hydrogens (primary N) is 1. The number of fused-ring (bicyclic) bond motifs is 8. The lowest BCUT2D eigenvalue weighted by molar-refractivity contribution is 0.817. The van der Waals surface area contributed by atoms with Gasteiger partial charge in [0.2, 0.25) is 0 Å². The van der Waals surface area contributed by atoms with Crippen molar-refractivity contribution in [1.82, 2.24) is 0 Å². The van der Waals surface area contributed by atoms with Crippen LogP contribution < -0.4 is 10.6 Å². The number of benzene rings is 6. The SMILES string of the molecule is Nc1cccc2cccc(N3Cc4ccc5ccccc5c4-c4c(ccc5ccccc45)C3)c12. The van der Waals surface area contributed by atoms with Crippen LogP contribution in [0.5, 0.6) is 0 Å². The van der Waals surface area contributed by atoms with Crippen molar-refractivity contribution in [3.05, 3.63) is 120 Å². The van der Waals surface area contributed by atoms with Crippen molar-refractivity contribution in [2.75, 3.05) is 10.6 Å². The van der Waals surface area contributed by atoms with Crippen LogP contribution in [0.25, 0.3) is 43.4 Å². The molecule has 0 saturated carbocycles. The number of nitrogens with zero attached hydrogens (tertiary/aromatic N) is 1. The van der Waals surface area contributed by atoms with Crippen LogP contribution in [0.1, 0.15) is 11.1 Å². The number of hydrogen-bond acceptors (Lipinski definition) is 2. The minimum Gasteiger partial charge on any atom is -0.398 e. The highest BCUT2D eigenvalue weighted by Crippen LogP contribution is 2.44. The highest BCUT2D eigenvalue weighted by molar-refractivity contribution is 6.09. The van der Waals surface area contributed by atoms with Gasteiger partial charge in [-0.25, -0.2) is 0 Å². The zero-order valence-corrected chi connectivity index (χ0v) is 18.8. The van der Waals surface area contributed by atoms with Gasteiger partial charge in [0.05, 0.1) is 0 Å². The fourth-order valence-corrected chi connectivity index (χ4v) is 5.74. The van der Waals surface area contributed by atoms with Gasteiger partial charge in [0.15, 0.2) is 0 Å². The van der Waals surface area contributed by atoms with Crippen LogP contribution in [0.15, 0.2) is 109 Å². The van der Waals surface area contributed by atoms with Gasteiger partial charge in [-0.05, 0) is 61.3 Å². The van der Waals surface area contributed by atoms with Crippen molar-refractivity contribution in [2.24, 2.45) is 0 Å². The molecule has 0 amide bonds. The molecule has 2 N–H and O–H groups in total. The van der Waals surface area contributed by atoms with Crippen LogP contribution in [0.4, 0.5) is 11.4 Å². The number of hydrogen-bond donors (Lipinski definition) is 1. The van der Waals surface area contributed by atoms with E-state index in [0.29, 0.717) is 0 Å². The summed E-state index contributed by atoms with van der Waals surface area (Å²) in [4.78, 5) is 2.49. The summed E-state index contributed by atoms with van der Waals surface area (Å²) >= 11 is 0. The van der Waals surface area contributed by atoms with E-state index in [1.165, 1.54) is 54.9 Å². The van der Waals surface area contributed by atoms with E-state index in [0.717, 1.165) is 24.2 Å². The first-order chi connectivity index (χ1) is 16.8. The lowest BCUT2D eigenvalue weighted by atomic mass is 9.88. The minimum absolute atomic E-state index is 0.829. The van der Waals surface area contributed by atoms with Gasteiger partial charge in [-0.3, -0.25) is 0 Å². The maximum atomic E-state index is 6.51. The fraction of sp³-hybridized carbons (Fsp3) is 0.0625. The van der Waals surface area contributed by atoms with Gasteiger partial charge in [0.25, 0.3) is 0 Å². The Labute approximate surface area is 198 Å². The molecule has 1 aliphatic heterocycles. The molecule has 6 aromatic carbocycles. The van der Waals surface area contributed by atoms with E-state index in [2.05, 4.69) is 102 Å². The molecule has 6 aromatic rings. The van der Waals surface area contributed by atoms with Crippen LogP contribution in [-0.2, 0) is 13.1 Å². The first kappa shape index (κ1) is 19.2. The molecule has 0 aliphatic carbocycles. The zero-order valence-electron chi connectivity index (χ0n) is 18.8. The highest BCUT2D eigenvalue weighted by atomic mass is 15.1. The minimum atomic E-state index is 0.829. The maximum absolute atomic E-state index is 6.51. The molecule has 1 heterocycles. The number of rotatable bonds is 1. The van der Waals surface area contributed by atoms with Gasteiger partial charge in [-0.2, -0.15) is 0 Å². The summed E-state index contributed by atoms with van der Waals surface area (Å²) in [6, 6.07) is 39.4. The first-order valence-electron chi connectivity index (χ1n) is 11.8. The van der Waals surface area contributed by atoms with E-state index in [-0.39, 0.29) is 0 Å². The molecule has 7 rings (SSSR count). The predicted octanol–water partition coefficient (Wildman–Crippen LogP) is 7.92. The zero-order chi connectivity index (χ0) is 22.6. The summed E-state index contributed by atoms with van der Waals surface area (Å²) in [6.45, 7) is 1.66. The van der Waals surface area contributed by atoms with Crippen LogP contribution in [0.3, 0.4) is 0 Å². The van der Waals surface area contributed by atoms with Gasteiger partial charge in [0, 0.05) is 29.9 Å². The van der Waals surface area contributed by atoms with Crippen molar-refractivity contribution in [3.63, 3.8) is 0 Å². The summed E-state index contributed by atoms with van der Waals surface area (Å²) in [5.41, 5.74) is 14.0. The van der Waals surface area contributed by atoms with Crippen LogP contribution in [0, 0.1) is 0 Å². The Morgan fingerprint density at radius 2 is 1.03 bits per heavy atom. The largest absolute Gasteiger partial charge is 0.398 e. The second-order valence-corrected chi connectivity index (χ2v) is 9.22. The van der Waals surface area contributed by atoms with E-state index in [4.69, 9.17) is 5.73 Å². The Morgan fingerprint density at radius 1 is 0.500 bits per heavy atom. The fourth-order valence-electron chi connectivity index (χ4n) is 5.74. The third-order valence-corrected chi connectivity index (χ3v) is 7.26.